The Morgan fingerprint density at radius 2 is 2.29 bits per heavy atom. The van der Waals surface area contributed by atoms with Gasteiger partial charge in [-0.2, -0.15) is 5.10 Å². The zero-order valence-electron chi connectivity index (χ0n) is 11.8. The predicted octanol–water partition coefficient (Wildman–Crippen LogP) is 2.86. The van der Waals surface area contributed by atoms with Gasteiger partial charge in [0.2, 0.25) is 0 Å². The second-order valence-corrected chi connectivity index (χ2v) is 5.56. The van der Waals surface area contributed by atoms with E-state index >= 15 is 0 Å². The fourth-order valence-corrected chi connectivity index (χ4v) is 2.68. The summed E-state index contributed by atoms with van der Waals surface area (Å²) in [6.45, 7) is 2.61. The Morgan fingerprint density at radius 1 is 1.48 bits per heavy atom. The van der Waals surface area contributed by atoms with Crippen LogP contribution in [0.4, 0.5) is 10.2 Å². The average Bonchev–Trinajstić information content (AvgIpc) is 3.01. The van der Waals surface area contributed by atoms with E-state index in [1.807, 2.05) is 14.0 Å². The number of rotatable bonds is 3. The summed E-state index contributed by atoms with van der Waals surface area (Å²) in [5.74, 6) is -0.266. The van der Waals surface area contributed by atoms with E-state index in [-0.39, 0.29) is 23.0 Å². The Hall–Kier alpha value is -1.66. The molecule has 1 aliphatic heterocycles. The number of aryl methyl sites for hydroxylation is 1. The van der Waals surface area contributed by atoms with Crippen molar-refractivity contribution < 1.29 is 9.13 Å². The summed E-state index contributed by atoms with van der Waals surface area (Å²) in [6.07, 6.45) is 3.84. The van der Waals surface area contributed by atoms with Crippen LogP contribution in [0, 0.1) is 12.7 Å². The van der Waals surface area contributed by atoms with E-state index in [0.717, 1.165) is 17.7 Å². The van der Waals surface area contributed by atoms with E-state index in [4.69, 9.17) is 16.3 Å². The van der Waals surface area contributed by atoms with E-state index in [1.54, 1.807) is 10.9 Å². The number of hydrogen-bond acceptors (Lipinski definition) is 4. The van der Waals surface area contributed by atoms with Gasteiger partial charge in [-0.1, -0.05) is 11.6 Å². The normalized spacial score (nSPS) is 21.7. The maximum absolute atomic E-state index is 13.9. The van der Waals surface area contributed by atoms with E-state index in [0.29, 0.717) is 6.61 Å². The molecular weight excluding hydrogens is 295 g/mol. The smallest absolute Gasteiger partial charge is 0.166 e. The van der Waals surface area contributed by atoms with Crippen LogP contribution >= 0.6 is 11.6 Å². The van der Waals surface area contributed by atoms with E-state index < -0.39 is 5.82 Å². The number of pyridine rings is 1. The molecule has 1 N–H and O–H groups in total. The molecule has 3 heterocycles. The minimum Gasteiger partial charge on any atom is -0.371 e. The minimum absolute atomic E-state index is 0.0453. The first-order valence-corrected chi connectivity index (χ1v) is 7.11. The van der Waals surface area contributed by atoms with Crippen LogP contribution in [0.2, 0.25) is 5.02 Å². The van der Waals surface area contributed by atoms with Crippen LogP contribution in [-0.2, 0) is 11.8 Å². The lowest BCUT2D eigenvalue weighted by molar-refractivity contribution is 0.107. The number of nitrogens with zero attached hydrogens (tertiary/aromatic N) is 3. The molecule has 0 aliphatic carbocycles. The minimum atomic E-state index is -0.462. The molecule has 0 spiro atoms. The number of hydrogen-bond donors (Lipinski definition) is 1. The van der Waals surface area contributed by atoms with E-state index in [2.05, 4.69) is 15.4 Å². The molecule has 0 saturated carbocycles. The molecule has 0 radical (unpaired) electrons. The van der Waals surface area contributed by atoms with Crippen molar-refractivity contribution in [3.63, 3.8) is 0 Å². The lowest BCUT2D eigenvalue weighted by atomic mass is 10.0. The number of ether oxygens (including phenoxy) is 1. The second kappa shape index (κ2) is 5.61. The zero-order valence-corrected chi connectivity index (χ0v) is 12.6. The van der Waals surface area contributed by atoms with Gasteiger partial charge in [0.25, 0.3) is 0 Å². The summed E-state index contributed by atoms with van der Waals surface area (Å²) in [7, 11) is 1.89. The van der Waals surface area contributed by atoms with E-state index in [9.17, 15) is 4.39 Å². The summed E-state index contributed by atoms with van der Waals surface area (Å²) in [5.41, 5.74) is 2.06. The summed E-state index contributed by atoms with van der Waals surface area (Å²) in [4.78, 5) is 4.00. The van der Waals surface area contributed by atoms with Crippen LogP contribution in [0.3, 0.4) is 0 Å². The van der Waals surface area contributed by atoms with Crippen molar-refractivity contribution in [3.05, 3.63) is 40.6 Å². The highest BCUT2D eigenvalue weighted by Gasteiger charge is 2.32. The average molecular weight is 311 g/mol. The summed E-state index contributed by atoms with van der Waals surface area (Å²) >= 11 is 5.72. The van der Waals surface area contributed by atoms with Gasteiger partial charge >= 0.3 is 0 Å². The monoisotopic (exact) mass is 310 g/mol. The fraction of sp³-hybridized carbons (Fsp3) is 0.429. The molecule has 0 unspecified atom stereocenters. The Kier molecular flexibility index (Phi) is 3.82. The Morgan fingerprint density at radius 3 is 2.95 bits per heavy atom. The van der Waals surface area contributed by atoms with Crippen molar-refractivity contribution in [2.75, 3.05) is 11.9 Å². The molecule has 112 valence electrons. The molecule has 21 heavy (non-hydrogen) atoms. The Balaban J connectivity index is 1.83. The largest absolute Gasteiger partial charge is 0.371 e. The molecule has 0 aromatic carbocycles. The summed E-state index contributed by atoms with van der Waals surface area (Å²) < 4.78 is 21.4. The lowest BCUT2D eigenvalue weighted by Gasteiger charge is -2.20. The summed E-state index contributed by atoms with van der Waals surface area (Å²) in [6, 6.07) is 1.20. The Labute approximate surface area is 127 Å². The van der Waals surface area contributed by atoms with Crippen LogP contribution in [0.5, 0.6) is 0 Å². The quantitative estimate of drug-likeness (QED) is 0.947. The molecule has 1 aliphatic rings. The van der Waals surface area contributed by atoms with Gasteiger partial charge in [-0.15, -0.1) is 0 Å². The molecule has 2 atom stereocenters. The number of halogens is 2. The zero-order chi connectivity index (χ0) is 15.0. The third kappa shape index (κ3) is 2.73. The van der Waals surface area contributed by atoms with Gasteiger partial charge in [0, 0.05) is 31.1 Å². The third-order valence-corrected chi connectivity index (χ3v) is 4.01. The lowest BCUT2D eigenvalue weighted by Crippen LogP contribution is -2.24. The molecule has 3 rings (SSSR count). The standard InChI is InChI=1S/C14H16ClFN4O/c1-8-10(7-18-20(8)2)13-12(3-4-21-13)19-14-11(16)5-9(15)6-17-14/h5-7,12-13H,3-4H2,1-2H3,(H,17,19)/t12-,13+/m0/s1. The van der Waals surface area contributed by atoms with E-state index in [1.165, 1.54) is 12.3 Å². The van der Waals surface area contributed by atoms with Crippen LogP contribution in [0.25, 0.3) is 0 Å². The van der Waals surface area contributed by atoms with Crippen LogP contribution in [-0.4, -0.2) is 27.4 Å². The highest BCUT2D eigenvalue weighted by atomic mass is 35.5. The maximum atomic E-state index is 13.9. The van der Waals surface area contributed by atoms with Gasteiger partial charge in [0.1, 0.15) is 6.10 Å². The molecule has 0 bridgehead atoms. The highest BCUT2D eigenvalue weighted by Crippen LogP contribution is 2.33. The van der Waals surface area contributed by atoms with Crippen LogP contribution < -0.4 is 5.32 Å². The van der Waals surface area contributed by atoms with Crippen molar-refractivity contribution in [3.8, 4) is 0 Å². The third-order valence-electron chi connectivity index (χ3n) is 3.80. The molecule has 5 nitrogen and oxygen atoms in total. The first kappa shape index (κ1) is 14.3. The molecule has 7 heteroatoms. The van der Waals surface area contributed by atoms with Gasteiger partial charge in [-0.3, -0.25) is 4.68 Å². The maximum Gasteiger partial charge on any atom is 0.166 e. The molecule has 1 fully saturated rings. The van der Waals surface area contributed by atoms with Crippen molar-refractivity contribution in [1.82, 2.24) is 14.8 Å². The van der Waals surface area contributed by atoms with Crippen LogP contribution in [0.1, 0.15) is 23.8 Å². The van der Waals surface area contributed by atoms with Crippen molar-refractivity contribution in [2.45, 2.75) is 25.5 Å². The van der Waals surface area contributed by atoms with Crippen molar-refractivity contribution >= 4 is 17.4 Å². The van der Waals surface area contributed by atoms with Crippen LogP contribution in [0.15, 0.2) is 18.5 Å². The molecule has 0 amide bonds. The molecule has 1 saturated heterocycles. The second-order valence-electron chi connectivity index (χ2n) is 5.12. The predicted molar refractivity (Wildman–Crippen MR) is 77.9 cm³/mol. The van der Waals surface area contributed by atoms with Gasteiger partial charge < -0.3 is 10.1 Å². The SMILES string of the molecule is Cc1c([C@H]2OCC[C@@H]2Nc2ncc(Cl)cc2F)cnn1C. The highest BCUT2D eigenvalue weighted by molar-refractivity contribution is 6.30. The number of aromatic nitrogens is 3. The van der Waals surface area contributed by atoms with Gasteiger partial charge in [0.05, 0.1) is 17.3 Å². The first-order valence-electron chi connectivity index (χ1n) is 6.74. The van der Waals surface area contributed by atoms with Crippen molar-refractivity contribution in [2.24, 2.45) is 7.05 Å². The first-order chi connectivity index (χ1) is 10.1. The fourth-order valence-electron chi connectivity index (χ4n) is 2.54. The van der Waals surface area contributed by atoms with Gasteiger partial charge in [-0.05, 0) is 19.4 Å². The summed E-state index contributed by atoms with van der Waals surface area (Å²) in [5, 5.41) is 7.63. The molecule has 2 aromatic rings. The number of nitrogens with one attached hydrogen (secondary N) is 1. The molecular formula is C14H16ClFN4O. The Bertz CT molecular complexity index is 660. The molecule has 2 aromatic heterocycles. The number of anilines is 1. The topological polar surface area (TPSA) is 52.0 Å². The van der Waals surface area contributed by atoms with Gasteiger partial charge in [-0.25, -0.2) is 9.37 Å². The van der Waals surface area contributed by atoms with Gasteiger partial charge in [0.15, 0.2) is 11.6 Å². The van der Waals surface area contributed by atoms with Crippen molar-refractivity contribution in [1.29, 1.82) is 0 Å².